The Bertz CT molecular complexity index is 323. The number of methoxy groups -OCH3 is 1. The van der Waals surface area contributed by atoms with E-state index >= 15 is 0 Å². The lowest BCUT2D eigenvalue weighted by Crippen LogP contribution is -2.41. The van der Waals surface area contributed by atoms with E-state index in [4.69, 9.17) is 10.5 Å². The van der Waals surface area contributed by atoms with Gasteiger partial charge in [-0.2, -0.15) is 0 Å². The fraction of sp³-hybridized carbons (Fsp3) is 0.615. The summed E-state index contributed by atoms with van der Waals surface area (Å²) in [4.78, 5) is 6.61. The van der Waals surface area contributed by atoms with Crippen LogP contribution in [0.4, 0.5) is 0 Å². The molecule has 94 valence electrons. The van der Waals surface area contributed by atoms with E-state index in [1.807, 2.05) is 12.3 Å². The zero-order chi connectivity index (χ0) is 12.1. The summed E-state index contributed by atoms with van der Waals surface area (Å²) in [5.41, 5.74) is 7.12. The number of hydrogen-bond acceptors (Lipinski definition) is 4. The highest BCUT2D eigenvalue weighted by Crippen LogP contribution is 2.23. The number of nitrogens with two attached hydrogens (primary N) is 1. The summed E-state index contributed by atoms with van der Waals surface area (Å²) in [6.07, 6.45) is 6.31. The van der Waals surface area contributed by atoms with Crippen LogP contribution in [0.2, 0.25) is 0 Å². The maximum absolute atomic E-state index is 5.90. The fourth-order valence-electron chi connectivity index (χ4n) is 2.49. The molecule has 1 fully saturated rings. The number of piperidine rings is 1. The van der Waals surface area contributed by atoms with Gasteiger partial charge in [0.2, 0.25) is 0 Å². The molecule has 1 aliphatic heterocycles. The molecule has 0 aliphatic carbocycles. The maximum Gasteiger partial charge on any atom is 0.0595 e. The summed E-state index contributed by atoms with van der Waals surface area (Å²) in [5, 5.41) is 0. The molecule has 1 saturated heterocycles. The minimum atomic E-state index is 0.293. The number of likely N-dealkylation sites (tertiary alicyclic amines) is 1. The van der Waals surface area contributed by atoms with Gasteiger partial charge in [0.25, 0.3) is 0 Å². The summed E-state index contributed by atoms with van der Waals surface area (Å²) < 4.78 is 5.39. The van der Waals surface area contributed by atoms with Gasteiger partial charge in [-0.1, -0.05) is 6.07 Å². The van der Waals surface area contributed by atoms with E-state index in [0.29, 0.717) is 18.7 Å². The van der Waals surface area contributed by atoms with Gasteiger partial charge in [0.15, 0.2) is 0 Å². The molecule has 2 N–H and O–H groups in total. The number of rotatable bonds is 4. The van der Waals surface area contributed by atoms with Crippen molar-refractivity contribution < 1.29 is 4.74 Å². The summed E-state index contributed by atoms with van der Waals surface area (Å²) in [6.45, 7) is 2.74. The Balaban J connectivity index is 2.00. The minimum absolute atomic E-state index is 0.293. The summed E-state index contributed by atoms with van der Waals surface area (Å²) >= 11 is 0. The summed E-state index contributed by atoms with van der Waals surface area (Å²) in [6, 6.07) is 4.37. The van der Waals surface area contributed by atoms with Gasteiger partial charge >= 0.3 is 0 Å². The molecule has 0 spiro atoms. The van der Waals surface area contributed by atoms with Crippen LogP contribution in [0.3, 0.4) is 0 Å². The highest BCUT2D eigenvalue weighted by atomic mass is 16.5. The average molecular weight is 235 g/mol. The van der Waals surface area contributed by atoms with Crippen molar-refractivity contribution in [1.82, 2.24) is 9.88 Å². The second kappa shape index (κ2) is 6.10. The molecule has 17 heavy (non-hydrogen) atoms. The van der Waals surface area contributed by atoms with Crippen LogP contribution in [-0.2, 0) is 4.74 Å². The lowest BCUT2D eigenvalue weighted by atomic mass is 10.0. The number of nitrogens with zero attached hydrogens (tertiary/aromatic N) is 2. The Labute approximate surface area is 103 Å². The first-order chi connectivity index (χ1) is 8.35. The fourth-order valence-corrected chi connectivity index (χ4v) is 2.49. The van der Waals surface area contributed by atoms with Crippen LogP contribution in [-0.4, -0.2) is 42.7 Å². The third-order valence-electron chi connectivity index (χ3n) is 3.54. The molecule has 0 aromatic carbocycles. The molecule has 2 rings (SSSR count). The molecular formula is C13H21N3O. The largest absolute Gasteiger partial charge is 0.381 e. The predicted molar refractivity (Wildman–Crippen MR) is 67.6 cm³/mol. The molecule has 1 aromatic heterocycles. The van der Waals surface area contributed by atoms with Gasteiger partial charge in [-0.3, -0.25) is 9.88 Å². The van der Waals surface area contributed by atoms with E-state index in [-0.39, 0.29) is 0 Å². The van der Waals surface area contributed by atoms with Gasteiger partial charge < -0.3 is 10.5 Å². The van der Waals surface area contributed by atoms with Crippen molar-refractivity contribution in [3.05, 3.63) is 30.1 Å². The predicted octanol–water partition coefficient (Wildman–Crippen LogP) is 1.19. The third kappa shape index (κ3) is 3.03. The van der Waals surface area contributed by atoms with Gasteiger partial charge in [0, 0.05) is 45.2 Å². The molecule has 1 unspecified atom stereocenters. The lowest BCUT2D eigenvalue weighted by Gasteiger charge is -2.36. The molecule has 4 heteroatoms. The van der Waals surface area contributed by atoms with Gasteiger partial charge in [0.1, 0.15) is 0 Å². The average Bonchev–Trinajstić information content (AvgIpc) is 2.42. The lowest BCUT2D eigenvalue weighted by molar-refractivity contribution is 0.0280. The van der Waals surface area contributed by atoms with Crippen LogP contribution in [0.1, 0.15) is 24.4 Å². The number of aromatic nitrogens is 1. The van der Waals surface area contributed by atoms with Gasteiger partial charge in [-0.25, -0.2) is 0 Å². The summed E-state index contributed by atoms with van der Waals surface area (Å²) in [5.74, 6) is 0. The van der Waals surface area contributed by atoms with Crippen LogP contribution < -0.4 is 5.73 Å². The number of ether oxygens (including phenoxy) is 1. The SMILES string of the molecule is COC1CCN(C(CN)c2cccnc2)CC1. The molecule has 1 atom stereocenters. The Morgan fingerprint density at radius 2 is 2.29 bits per heavy atom. The van der Waals surface area contributed by atoms with E-state index in [1.165, 1.54) is 5.56 Å². The Morgan fingerprint density at radius 3 is 2.82 bits per heavy atom. The zero-order valence-electron chi connectivity index (χ0n) is 10.4. The molecule has 0 bridgehead atoms. The van der Waals surface area contributed by atoms with Crippen molar-refractivity contribution in [1.29, 1.82) is 0 Å². The highest BCUT2D eigenvalue weighted by molar-refractivity contribution is 5.14. The topological polar surface area (TPSA) is 51.4 Å². The van der Waals surface area contributed by atoms with Crippen LogP contribution >= 0.6 is 0 Å². The van der Waals surface area contributed by atoms with Crippen molar-refractivity contribution in [2.75, 3.05) is 26.7 Å². The number of hydrogen-bond donors (Lipinski definition) is 1. The second-order valence-corrected chi connectivity index (χ2v) is 4.51. The van der Waals surface area contributed by atoms with Gasteiger partial charge in [-0.15, -0.1) is 0 Å². The smallest absolute Gasteiger partial charge is 0.0595 e. The molecular weight excluding hydrogens is 214 g/mol. The van der Waals surface area contributed by atoms with Crippen LogP contribution in [0.25, 0.3) is 0 Å². The Morgan fingerprint density at radius 1 is 1.53 bits per heavy atom. The van der Waals surface area contributed by atoms with E-state index < -0.39 is 0 Å². The zero-order valence-corrected chi connectivity index (χ0v) is 10.4. The minimum Gasteiger partial charge on any atom is -0.381 e. The Hall–Kier alpha value is -0.970. The second-order valence-electron chi connectivity index (χ2n) is 4.51. The molecule has 2 heterocycles. The van der Waals surface area contributed by atoms with E-state index in [9.17, 15) is 0 Å². The monoisotopic (exact) mass is 235 g/mol. The van der Waals surface area contributed by atoms with Crippen molar-refractivity contribution in [3.63, 3.8) is 0 Å². The first-order valence-electron chi connectivity index (χ1n) is 6.22. The molecule has 1 aliphatic rings. The van der Waals surface area contributed by atoms with Crippen molar-refractivity contribution in [2.24, 2.45) is 5.73 Å². The molecule has 0 radical (unpaired) electrons. The van der Waals surface area contributed by atoms with E-state index in [2.05, 4.69) is 16.0 Å². The van der Waals surface area contributed by atoms with E-state index in [1.54, 1.807) is 13.3 Å². The van der Waals surface area contributed by atoms with Crippen LogP contribution in [0, 0.1) is 0 Å². The molecule has 0 saturated carbocycles. The molecule has 0 amide bonds. The first-order valence-corrected chi connectivity index (χ1v) is 6.22. The number of pyridine rings is 1. The van der Waals surface area contributed by atoms with Gasteiger partial charge in [0.05, 0.1) is 6.10 Å². The van der Waals surface area contributed by atoms with E-state index in [0.717, 1.165) is 25.9 Å². The van der Waals surface area contributed by atoms with Crippen molar-refractivity contribution in [2.45, 2.75) is 25.0 Å². The van der Waals surface area contributed by atoms with Gasteiger partial charge in [-0.05, 0) is 24.5 Å². The maximum atomic E-state index is 5.90. The van der Waals surface area contributed by atoms with Crippen LogP contribution in [0.5, 0.6) is 0 Å². The quantitative estimate of drug-likeness (QED) is 0.852. The first kappa shape index (κ1) is 12.5. The Kier molecular flexibility index (Phi) is 4.48. The summed E-state index contributed by atoms with van der Waals surface area (Å²) in [7, 11) is 1.79. The molecule has 4 nitrogen and oxygen atoms in total. The highest BCUT2D eigenvalue weighted by Gasteiger charge is 2.25. The van der Waals surface area contributed by atoms with Crippen molar-refractivity contribution >= 4 is 0 Å². The normalized spacial score (nSPS) is 20.4. The molecule has 1 aromatic rings. The third-order valence-corrected chi connectivity index (χ3v) is 3.54. The van der Waals surface area contributed by atoms with Crippen LogP contribution in [0.15, 0.2) is 24.5 Å². The van der Waals surface area contributed by atoms with Crippen molar-refractivity contribution in [3.8, 4) is 0 Å². The standard InChI is InChI=1S/C13H21N3O/c1-17-12-4-7-16(8-5-12)13(9-14)11-3-2-6-15-10-11/h2-3,6,10,12-13H,4-5,7-9,14H2,1H3.